The van der Waals surface area contributed by atoms with E-state index in [4.69, 9.17) is 10.5 Å². The summed E-state index contributed by atoms with van der Waals surface area (Å²) < 4.78 is 8.11. The number of carboxylic acid groups (broad SMARTS) is 1. The predicted octanol–water partition coefficient (Wildman–Crippen LogP) is 3.38. The van der Waals surface area contributed by atoms with Gasteiger partial charge in [-0.1, -0.05) is 13.8 Å². The minimum Gasteiger partial charge on any atom is -0.491 e. The molecule has 26 heavy (non-hydrogen) atoms. The molecule has 0 atom stereocenters. The molecular formula is C20H24N2O4. The van der Waals surface area contributed by atoms with Crippen LogP contribution < -0.4 is 15.9 Å². The van der Waals surface area contributed by atoms with Crippen molar-refractivity contribution in [3.05, 3.63) is 33.1 Å². The molecule has 0 radical (unpaired) electrons. The number of aromatic carboxylic acids is 1. The summed E-state index contributed by atoms with van der Waals surface area (Å²) in [5, 5.41) is 9.90. The molecule has 0 amide bonds. The van der Waals surface area contributed by atoms with Gasteiger partial charge in [-0.3, -0.25) is 4.79 Å². The van der Waals surface area contributed by atoms with Gasteiger partial charge in [0.15, 0.2) is 0 Å². The van der Waals surface area contributed by atoms with E-state index in [0.717, 1.165) is 36.8 Å². The second kappa shape index (κ2) is 5.50. The number of ether oxygens (including phenoxy) is 1. The molecule has 4 rings (SSSR count). The summed E-state index contributed by atoms with van der Waals surface area (Å²) in [6.07, 6.45) is 5.31. The molecule has 1 aliphatic carbocycles. The molecule has 0 bridgehead atoms. The van der Waals surface area contributed by atoms with Crippen LogP contribution in [0.3, 0.4) is 0 Å². The number of aromatic nitrogens is 1. The minimum atomic E-state index is -1.21. The minimum absolute atomic E-state index is 0.0986. The monoisotopic (exact) mass is 356 g/mol. The van der Waals surface area contributed by atoms with Gasteiger partial charge in [0.1, 0.15) is 11.3 Å². The third kappa shape index (κ3) is 2.04. The largest absolute Gasteiger partial charge is 0.491 e. The Kier molecular flexibility index (Phi) is 3.58. The van der Waals surface area contributed by atoms with Crippen LogP contribution in [0.5, 0.6) is 5.75 Å². The molecule has 1 aromatic heterocycles. The van der Waals surface area contributed by atoms with Crippen LogP contribution in [0.15, 0.2) is 11.0 Å². The molecule has 2 heterocycles. The molecule has 0 saturated heterocycles. The zero-order valence-electron chi connectivity index (χ0n) is 15.4. The van der Waals surface area contributed by atoms with Crippen molar-refractivity contribution in [2.45, 2.75) is 57.9 Å². The fraction of sp³-hybridized carbons (Fsp3) is 0.500. The number of anilines is 1. The number of hydrogen-bond acceptors (Lipinski definition) is 4. The van der Waals surface area contributed by atoms with Gasteiger partial charge in [-0.25, -0.2) is 4.79 Å². The van der Waals surface area contributed by atoms with Crippen LogP contribution >= 0.6 is 0 Å². The van der Waals surface area contributed by atoms with E-state index in [0.29, 0.717) is 28.9 Å². The number of carbonyl (C=O) groups is 1. The number of carboxylic acids is 1. The quantitative estimate of drug-likeness (QED) is 0.805. The topological polar surface area (TPSA) is 94.5 Å². The van der Waals surface area contributed by atoms with Crippen molar-refractivity contribution in [2.75, 3.05) is 12.3 Å². The van der Waals surface area contributed by atoms with Crippen molar-refractivity contribution in [1.82, 2.24) is 4.57 Å². The van der Waals surface area contributed by atoms with Crippen LogP contribution in [-0.4, -0.2) is 22.2 Å². The van der Waals surface area contributed by atoms with Gasteiger partial charge in [-0.15, -0.1) is 0 Å². The molecule has 3 N–H and O–H groups in total. The Balaban J connectivity index is 2.26. The van der Waals surface area contributed by atoms with Gasteiger partial charge in [0.25, 0.3) is 0 Å². The normalized spacial score (nSPS) is 17.8. The molecule has 1 spiro atoms. The molecule has 0 unspecified atom stereocenters. The highest BCUT2D eigenvalue weighted by molar-refractivity contribution is 6.02. The SMILES string of the molecule is Cc1c(C(C)C)c(N)c2c(=O)c(C(=O)O)cn3c2c1OCCC31CCC1. The van der Waals surface area contributed by atoms with Crippen LogP contribution in [0.1, 0.15) is 66.9 Å². The summed E-state index contributed by atoms with van der Waals surface area (Å²) in [5.74, 6) is -0.440. The lowest BCUT2D eigenvalue weighted by molar-refractivity contribution is 0.0691. The van der Waals surface area contributed by atoms with E-state index >= 15 is 0 Å². The lowest BCUT2D eigenvalue weighted by atomic mass is 9.74. The number of hydrogen-bond donors (Lipinski definition) is 2. The van der Waals surface area contributed by atoms with Gasteiger partial charge in [-0.2, -0.15) is 0 Å². The second-order valence-corrected chi connectivity index (χ2v) is 7.88. The summed E-state index contributed by atoms with van der Waals surface area (Å²) in [4.78, 5) is 24.8. The Morgan fingerprint density at radius 3 is 2.58 bits per heavy atom. The fourth-order valence-electron chi connectivity index (χ4n) is 4.71. The average molecular weight is 356 g/mol. The third-order valence-electron chi connectivity index (χ3n) is 6.14. The van der Waals surface area contributed by atoms with Gasteiger partial charge in [-0.05, 0) is 43.2 Å². The first kappa shape index (κ1) is 16.9. The summed E-state index contributed by atoms with van der Waals surface area (Å²) in [5.41, 5.74) is 8.38. The van der Waals surface area contributed by atoms with Crippen molar-refractivity contribution in [3.63, 3.8) is 0 Å². The summed E-state index contributed by atoms with van der Waals surface area (Å²) in [6, 6.07) is 0. The first-order valence-electron chi connectivity index (χ1n) is 9.16. The maximum absolute atomic E-state index is 13.0. The van der Waals surface area contributed by atoms with Crippen LogP contribution in [-0.2, 0) is 5.54 Å². The molecule has 1 aromatic carbocycles. The Labute approximate surface area is 151 Å². The van der Waals surface area contributed by atoms with E-state index < -0.39 is 11.4 Å². The molecular weight excluding hydrogens is 332 g/mol. The number of nitrogen functional groups attached to an aromatic ring is 1. The van der Waals surface area contributed by atoms with Gasteiger partial charge in [0.2, 0.25) is 5.43 Å². The lowest BCUT2D eigenvalue weighted by Crippen LogP contribution is -2.42. The van der Waals surface area contributed by atoms with Crippen molar-refractivity contribution < 1.29 is 14.6 Å². The summed E-state index contributed by atoms with van der Waals surface area (Å²) >= 11 is 0. The van der Waals surface area contributed by atoms with E-state index in [1.807, 2.05) is 25.3 Å². The number of fused-ring (bicyclic) bond motifs is 1. The van der Waals surface area contributed by atoms with Crippen molar-refractivity contribution in [1.29, 1.82) is 0 Å². The molecule has 138 valence electrons. The van der Waals surface area contributed by atoms with E-state index in [1.54, 1.807) is 0 Å². The van der Waals surface area contributed by atoms with Crippen molar-refractivity contribution in [3.8, 4) is 5.75 Å². The Morgan fingerprint density at radius 1 is 1.35 bits per heavy atom. The van der Waals surface area contributed by atoms with Crippen LogP contribution in [0.4, 0.5) is 5.69 Å². The fourth-order valence-corrected chi connectivity index (χ4v) is 4.71. The molecule has 1 aliphatic heterocycles. The zero-order chi connectivity index (χ0) is 18.8. The number of nitrogens with two attached hydrogens (primary N) is 1. The standard InChI is InChI=1S/C20H24N2O4/c1-10(2)13-11(3)18-16-14(15(13)21)17(23)12(19(24)25)9-22(16)20(5-4-6-20)7-8-26-18/h9-10H,4-8,21H2,1-3H3,(H,24,25). The van der Waals surface area contributed by atoms with Crippen molar-refractivity contribution >= 4 is 22.6 Å². The van der Waals surface area contributed by atoms with E-state index in [1.165, 1.54) is 6.20 Å². The maximum Gasteiger partial charge on any atom is 0.341 e. The van der Waals surface area contributed by atoms with Crippen LogP contribution in [0, 0.1) is 6.92 Å². The van der Waals surface area contributed by atoms with Gasteiger partial charge in [0, 0.05) is 23.8 Å². The van der Waals surface area contributed by atoms with Gasteiger partial charge < -0.3 is 20.1 Å². The van der Waals surface area contributed by atoms with E-state index in [-0.39, 0.29) is 17.0 Å². The molecule has 6 heteroatoms. The Morgan fingerprint density at radius 2 is 2.04 bits per heavy atom. The second-order valence-electron chi connectivity index (χ2n) is 7.88. The van der Waals surface area contributed by atoms with Gasteiger partial charge in [0.05, 0.1) is 17.5 Å². The molecule has 6 nitrogen and oxygen atoms in total. The smallest absolute Gasteiger partial charge is 0.341 e. The Hall–Kier alpha value is -2.50. The number of pyridine rings is 1. The third-order valence-corrected chi connectivity index (χ3v) is 6.14. The highest BCUT2D eigenvalue weighted by Crippen LogP contribution is 2.49. The number of benzene rings is 1. The maximum atomic E-state index is 13.0. The lowest BCUT2D eigenvalue weighted by Gasteiger charge is -2.44. The molecule has 2 aromatic rings. The highest BCUT2D eigenvalue weighted by atomic mass is 16.5. The number of nitrogens with zero attached hydrogens (tertiary/aromatic N) is 1. The summed E-state index contributed by atoms with van der Waals surface area (Å²) in [6.45, 7) is 6.55. The van der Waals surface area contributed by atoms with Crippen LogP contribution in [0.25, 0.3) is 10.9 Å². The zero-order valence-corrected chi connectivity index (χ0v) is 15.4. The molecule has 1 saturated carbocycles. The van der Waals surface area contributed by atoms with Gasteiger partial charge >= 0.3 is 5.97 Å². The van der Waals surface area contributed by atoms with E-state index in [9.17, 15) is 14.7 Å². The molecule has 2 aliphatic rings. The number of rotatable bonds is 2. The average Bonchev–Trinajstić information content (AvgIpc) is 2.69. The summed E-state index contributed by atoms with van der Waals surface area (Å²) in [7, 11) is 0. The van der Waals surface area contributed by atoms with Crippen LogP contribution in [0.2, 0.25) is 0 Å². The first-order valence-corrected chi connectivity index (χ1v) is 9.16. The molecule has 1 fully saturated rings. The Bertz CT molecular complexity index is 1000. The first-order chi connectivity index (χ1) is 12.3. The van der Waals surface area contributed by atoms with Crippen molar-refractivity contribution in [2.24, 2.45) is 0 Å². The predicted molar refractivity (Wildman–Crippen MR) is 100 cm³/mol. The highest BCUT2D eigenvalue weighted by Gasteiger charge is 2.42. The van der Waals surface area contributed by atoms with E-state index in [2.05, 4.69) is 0 Å².